The van der Waals surface area contributed by atoms with Crippen LogP contribution in [-0.2, 0) is 11.3 Å². The van der Waals surface area contributed by atoms with E-state index in [0.717, 1.165) is 0 Å². The van der Waals surface area contributed by atoms with Crippen LogP contribution in [0.5, 0.6) is 0 Å². The fourth-order valence-electron chi connectivity index (χ4n) is 2.92. The van der Waals surface area contributed by atoms with Gasteiger partial charge >= 0.3 is 24.1 Å². The van der Waals surface area contributed by atoms with Crippen molar-refractivity contribution in [3.8, 4) is 0 Å². The molecule has 1 heterocycles. The van der Waals surface area contributed by atoms with Crippen molar-refractivity contribution >= 4 is 17.9 Å². The van der Waals surface area contributed by atoms with E-state index in [1.54, 1.807) is 19.1 Å². The number of benzene rings is 1. The van der Waals surface area contributed by atoms with Gasteiger partial charge in [-0.25, -0.2) is 9.59 Å². The predicted octanol–water partition coefficient (Wildman–Crippen LogP) is 2.13. The van der Waals surface area contributed by atoms with E-state index in [2.05, 4.69) is 5.32 Å². The number of carboxylic acid groups (broad SMARTS) is 1. The molecule has 1 fully saturated rings. The van der Waals surface area contributed by atoms with E-state index in [0.29, 0.717) is 24.9 Å². The summed E-state index contributed by atoms with van der Waals surface area (Å²) in [4.78, 5) is 35.7. The fraction of sp³-hybridized carbons (Fsp3) is 0.471. The number of likely N-dealkylation sites (tertiary alicyclic amines) is 1. The summed E-state index contributed by atoms with van der Waals surface area (Å²) in [5, 5.41) is 13.5. The number of urea groups is 1. The molecule has 3 N–H and O–H groups in total. The molecule has 0 radical (unpaired) electrons. The molecule has 0 spiro atoms. The summed E-state index contributed by atoms with van der Waals surface area (Å²) in [6.45, 7) is 2.09. The molecular formula is C17H20F3N3O4. The Morgan fingerprint density at radius 3 is 2.41 bits per heavy atom. The molecule has 0 aromatic heterocycles. The van der Waals surface area contributed by atoms with Crippen molar-refractivity contribution in [1.29, 1.82) is 0 Å². The van der Waals surface area contributed by atoms with Crippen LogP contribution >= 0.6 is 0 Å². The lowest BCUT2D eigenvalue weighted by Gasteiger charge is -2.39. The lowest BCUT2D eigenvalue weighted by atomic mass is 9.97. The zero-order valence-corrected chi connectivity index (χ0v) is 14.5. The highest BCUT2D eigenvalue weighted by Gasteiger charge is 2.42. The molecule has 0 aliphatic carbocycles. The number of carbonyl (C=O) groups is 3. The van der Waals surface area contributed by atoms with Gasteiger partial charge in [0.1, 0.15) is 0 Å². The van der Waals surface area contributed by atoms with E-state index < -0.39 is 36.2 Å². The highest BCUT2D eigenvalue weighted by atomic mass is 19.4. The summed E-state index contributed by atoms with van der Waals surface area (Å²) in [6.07, 6.45) is -4.15. The maximum Gasteiger partial charge on any atom is 0.471 e. The molecule has 1 aromatic carbocycles. The van der Waals surface area contributed by atoms with Gasteiger partial charge in [-0.05, 0) is 37.5 Å². The largest absolute Gasteiger partial charge is 0.478 e. The van der Waals surface area contributed by atoms with E-state index in [1.165, 1.54) is 17.0 Å². The summed E-state index contributed by atoms with van der Waals surface area (Å²) in [7, 11) is 0. The Labute approximate surface area is 153 Å². The Balaban J connectivity index is 1.93. The minimum Gasteiger partial charge on any atom is -0.478 e. The molecule has 1 saturated heterocycles. The zero-order valence-electron chi connectivity index (χ0n) is 14.5. The maximum absolute atomic E-state index is 12.4. The molecule has 0 bridgehead atoms. The summed E-state index contributed by atoms with van der Waals surface area (Å²) in [5.74, 6) is -3.07. The van der Waals surface area contributed by atoms with Crippen LogP contribution in [-0.4, -0.2) is 52.7 Å². The Kier molecular flexibility index (Phi) is 6.29. The molecule has 1 aromatic rings. The van der Waals surface area contributed by atoms with Gasteiger partial charge in [0.2, 0.25) is 0 Å². The number of hydrogen-bond acceptors (Lipinski definition) is 3. The topological polar surface area (TPSA) is 98.7 Å². The summed E-state index contributed by atoms with van der Waals surface area (Å²) < 4.78 is 37.3. The smallest absolute Gasteiger partial charge is 0.471 e. The van der Waals surface area contributed by atoms with Gasteiger partial charge in [-0.3, -0.25) is 4.79 Å². The summed E-state index contributed by atoms with van der Waals surface area (Å²) >= 11 is 0. The molecule has 148 valence electrons. The first-order valence-corrected chi connectivity index (χ1v) is 8.34. The summed E-state index contributed by atoms with van der Waals surface area (Å²) in [6, 6.07) is 4.11. The van der Waals surface area contributed by atoms with Crippen molar-refractivity contribution < 1.29 is 32.7 Å². The summed E-state index contributed by atoms with van der Waals surface area (Å²) in [5.41, 5.74) is 0.804. The molecule has 10 heteroatoms. The third kappa shape index (κ3) is 5.35. The molecular weight excluding hydrogens is 367 g/mol. The van der Waals surface area contributed by atoms with Gasteiger partial charge in [0.25, 0.3) is 0 Å². The van der Waals surface area contributed by atoms with Crippen LogP contribution in [0.25, 0.3) is 0 Å². The second-order valence-electron chi connectivity index (χ2n) is 6.31. The number of carboxylic acids is 1. The molecule has 0 saturated carbocycles. The van der Waals surface area contributed by atoms with E-state index in [1.807, 2.05) is 5.32 Å². The SMILES string of the molecule is C[C@@H]1[C@H](NC(=O)C(F)(F)F)CCCN1C(=O)NCc1ccc(C(=O)O)cc1. The number of nitrogens with one attached hydrogen (secondary N) is 2. The molecule has 1 aliphatic heterocycles. The van der Waals surface area contributed by atoms with Gasteiger partial charge in [0.05, 0.1) is 11.6 Å². The number of nitrogens with zero attached hydrogens (tertiary/aromatic N) is 1. The Hall–Kier alpha value is -2.78. The van der Waals surface area contributed by atoms with E-state index in [4.69, 9.17) is 5.11 Å². The number of hydrogen-bond donors (Lipinski definition) is 3. The first kappa shape index (κ1) is 20.5. The van der Waals surface area contributed by atoms with Crippen molar-refractivity contribution in [2.45, 2.75) is 44.6 Å². The van der Waals surface area contributed by atoms with Crippen LogP contribution < -0.4 is 10.6 Å². The number of amides is 3. The molecule has 27 heavy (non-hydrogen) atoms. The Morgan fingerprint density at radius 1 is 1.22 bits per heavy atom. The number of rotatable bonds is 4. The first-order chi connectivity index (χ1) is 12.6. The van der Waals surface area contributed by atoms with Crippen LogP contribution in [0.2, 0.25) is 0 Å². The van der Waals surface area contributed by atoms with Crippen molar-refractivity contribution in [2.24, 2.45) is 0 Å². The average molecular weight is 387 g/mol. The van der Waals surface area contributed by atoms with Crippen LogP contribution in [0.1, 0.15) is 35.7 Å². The molecule has 2 rings (SSSR count). The molecule has 0 unspecified atom stereocenters. The van der Waals surface area contributed by atoms with Gasteiger partial charge in [0.15, 0.2) is 0 Å². The molecule has 7 nitrogen and oxygen atoms in total. The number of carbonyl (C=O) groups excluding carboxylic acids is 2. The van der Waals surface area contributed by atoms with Crippen LogP contribution in [0.3, 0.4) is 0 Å². The zero-order chi connectivity index (χ0) is 20.2. The lowest BCUT2D eigenvalue weighted by molar-refractivity contribution is -0.175. The highest BCUT2D eigenvalue weighted by Crippen LogP contribution is 2.21. The van der Waals surface area contributed by atoms with Crippen molar-refractivity contribution in [1.82, 2.24) is 15.5 Å². The van der Waals surface area contributed by atoms with E-state index in [-0.39, 0.29) is 12.1 Å². The first-order valence-electron chi connectivity index (χ1n) is 8.34. The van der Waals surface area contributed by atoms with Gasteiger partial charge < -0.3 is 20.6 Å². The van der Waals surface area contributed by atoms with Crippen molar-refractivity contribution in [3.05, 3.63) is 35.4 Å². The Morgan fingerprint density at radius 2 is 1.85 bits per heavy atom. The third-order valence-corrected chi connectivity index (χ3v) is 4.47. The fourth-order valence-corrected chi connectivity index (χ4v) is 2.92. The molecule has 2 atom stereocenters. The number of piperidine rings is 1. The normalized spacial score (nSPS) is 20.1. The highest BCUT2D eigenvalue weighted by molar-refractivity contribution is 5.87. The molecule has 3 amide bonds. The van der Waals surface area contributed by atoms with E-state index in [9.17, 15) is 27.6 Å². The minimum absolute atomic E-state index is 0.123. The number of aromatic carboxylic acids is 1. The number of alkyl halides is 3. The monoisotopic (exact) mass is 387 g/mol. The second kappa shape index (κ2) is 8.28. The van der Waals surface area contributed by atoms with Crippen LogP contribution in [0, 0.1) is 0 Å². The maximum atomic E-state index is 12.4. The predicted molar refractivity (Wildman–Crippen MR) is 89.0 cm³/mol. The van der Waals surface area contributed by atoms with Crippen molar-refractivity contribution in [3.63, 3.8) is 0 Å². The second-order valence-corrected chi connectivity index (χ2v) is 6.31. The van der Waals surface area contributed by atoms with E-state index >= 15 is 0 Å². The quantitative estimate of drug-likeness (QED) is 0.737. The van der Waals surface area contributed by atoms with Gasteiger partial charge in [-0.2, -0.15) is 13.2 Å². The van der Waals surface area contributed by atoms with Crippen LogP contribution in [0.15, 0.2) is 24.3 Å². The Bertz CT molecular complexity index is 706. The van der Waals surface area contributed by atoms with Crippen molar-refractivity contribution in [2.75, 3.05) is 6.54 Å². The number of halogens is 3. The van der Waals surface area contributed by atoms with Gasteiger partial charge in [-0.1, -0.05) is 12.1 Å². The average Bonchev–Trinajstić information content (AvgIpc) is 2.61. The van der Waals surface area contributed by atoms with Crippen LogP contribution in [0.4, 0.5) is 18.0 Å². The standard InChI is InChI=1S/C17H20F3N3O4/c1-10-13(22-15(26)17(18,19)20)3-2-8-23(10)16(27)21-9-11-4-6-12(7-5-11)14(24)25/h4-7,10,13H,2-3,8-9H2,1H3,(H,21,27)(H,22,26)(H,24,25)/t10-,13-/m1/s1. The third-order valence-electron chi connectivity index (χ3n) is 4.47. The van der Waals surface area contributed by atoms with Gasteiger partial charge in [-0.15, -0.1) is 0 Å². The molecule has 1 aliphatic rings. The minimum atomic E-state index is -4.97. The van der Waals surface area contributed by atoms with Gasteiger partial charge in [0, 0.05) is 19.1 Å². The lowest BCUT2D eigenvalue weighted by Crippen LogP contribution is -2.59.